The second kappa shape index (κ2) is 5.18. The van der Waals surface area contributed by atoms with Gasteiger partial charge >= 0.3 is 5.97 Å². The van der Waals surface area contributed by atoms with Crippen LogP contribution in [0.1, 0.15) is 15.9 Å². The van der Waals surface area contributed by atoms with Crippen LogP contribution in [0.15, 0.2) is 12.1 Å². The van der Waals surface area contributed by atoms with Crippen LogP contribution in [0.4, 0.5) is 5.69 Å². The molecule has 0 aromatic heterocycles. The van der Waals surface area contributed by atoms with E-state index in [1.165, 1.54) is 12.1 Å². The van der Waals surface area contributed by atoms with E-state index >= 15 is 0 Å². The topological polar surface area (TPSA) is 80.4 Å². The van der Waals surface area contributed by atoms with Gasteiger partial charge in [-0.3, -0.25) is 9.59 Å². The van der Waals surface area contributed by atoms with Crippen LogP contribution in [0.2, 0.25) is 5.02 Å². The van der Waals surface area contributed by atoms with E-state index < -0.39 is 5.97 Å². The molecule has 6 heteroatoms. The standard InChI is InChI=1S/C10H9Cl2NO3/c11-4-9(14)6-1-5(2-10(15)16)8(13)3-7(6)12/h1,3H,2,4,13H2,(H,15,16). The average molecular weight is 262 g/mol. The van der Waals surface area contributed by atoms with Gasteiger partial charge in [-0.2, -0.15) is 0 Å². The number of hydrogen-bond donors (Lipinski definition) is 2. The Morgan fingerprint density at radius 3 is 2.50 bits per heavy atom. The van der Waals surface area contributed by atoms with E-state index in [2.05, 4.69) is 0 Å². The normalized spacial score (nSPS) is 10.1. The molecule has 0 bridgehead atoms. The summed E-state index contributed by atoms with van der Waals surface area (Å²) >= 11 is 11.2. The highest BCUT2D eigenvalue weighted by atomic mass is 35.5. The summed E-state index contributed by atoms with van der Waals surface area (Å²) in [5.74, 6) is -1.60. The first-order chi connectivity index (χ1) is 7.45. The molecule has 0 aliphatic heterocycles. The fourth-order valence-electron chi connectivity index (χ4n) is 1.24. The smallest absolute Gasteiger partial charge is 0.307 e. The number of nitrogen functional groups attached to an aromatic ring is 1. The first kappa shape index (κ1) is 12.8. The lowest BCUT2D eigenvalue weighted by Gasteiger charge is -2.07. The second-order valence-corrected chi connectivity index (χ2v) is 3.83. The number of Topliss-reactive ketones (excluding diaryl/α,β-unsaturated/α-hetero) is 1. The van der Waals surface area contributed by atoms with Gasteiger partial charge in [-0.1, -0.05) is 11.6 Å². The number of carboxylic acid groups (broad SMARTS) is 1. The molecule has 0 saturated heterocycles. The molecule has 0 saturated carbocycles. The van der Waals surface area contributed by atoms with Crippen molar-refractivity contribution in [2.24, 2.45) is 0 Å². The van der Waals surface area contributed by atoms with E-state index in [4.69, 9.17) is 34.0 Å². The van der Waals surface area contributed by atoms with Gasteiger partial charge in [0.05, 0.1) is 17.3 Å². The Morgan fingerprint density at radius 2 is 2.00 bits per heavy atom. The molecule has 1 rings (SSSR count). The van der Waals surface area contributed by atoms with E-state index in [1.54, 1.807) is 0 Å². The van der Waals surface area contributed by atoms with Gasteiger partial charge in [0.15, 0.2) is 5.78 Å². The molecule has 0 atom stereocenters. The molecule has 1 aromatic rings. The van der Waals surface area contributed by atoms with Crippen LogP contribution in [-0.4, -0.2) is 22.7 Å². The summed E-state index contributed by atoms with van der Waals surface area (Å²) < 4.78 is 0. The largest absolute Gasteiger partial charge is 0.481 e. The van der Waals surface area contributed by atoms with Crippen LogP contribution in [0.3, 0.4) is 0 Å². The van der Waals surface area contributed by atoms with Gasteiger partial charge in [0.2, 0.25) is 0 Å². The van der Waals surface area contributed by atoms with Gasteiger partial charge in [0, 0.05) is 11.3 Å². The molecule has 16 heavy (non-hydrogen) atoms. The molecule has 0 aliphatic rings. The molecule has 0 spiro atoms. The van der Waals surface area contributed by atoms with Crippen molar-refractivity contribution < 1.29 is 14.7 Å². The summed E-state index contributed by atoms with van der Waals surface area (Å²) in [6, 6.07) is 2.73. The molecule has 0 amide bonds. The zero-order chi connectivity index (χ0) is 12.3. The molecular formula is C10H9Cl2NO3. The van der Waals surface area contributed by atoms with E-state index in [0.717, 1.165) is 0 Å². The average Bonchev–Trinajstić information content (AvgIpc) is 2.20. The third kappa shape index (κ3) is 2.87. The number of rotatable bonds is 4. The summed E-state index contributed by atoms with van der Waals surface area (Å²) in [7, 11) is 0. The van der Waals surface area contributed by atoms with Gasteiger partial charge in [0.1, 0.15) is 0 Å². The maximum absolute atomic E-state index is 11.4. The van der Waals surface area contributed by atoms with Crippen LogP contribution in [-0.2, 0) is 11.2 Å². The number of carbonyl (C=O) groups is 2. The van der Waals surface area contributed by atoms with Crippen LogP contribution in [0.5, 0.6) is 0 Å². The predicted octanol–water partition coefficient (Wildman–Crippen LogP) is 1.97. The quantitative estimate of drug-likeness (QED) is 0.494. The van der Waals surface area contributed by atoms with Crippen LogP contribution >= 0.6 is 23.2 Å². The van der Waals surface area contributed by atoms with Crippen molar-refractivity contribution in [2.45, 2.75) is 6.42 Å². The van der Waals surface area contributed by atoms with Crippen LogP contribution in [0.25, 0.3) is 0 Å². The molecular weight excluding hydrogens is 253 g/mol. The third-order valence-electron chi connectivity index (χ3n) is 1.99. The SMILES string of the molecule is Nc1cc(Cl)c(C(=O)CCl)cc1CC(=O)O. The fraction of sp³-hybridized carbons (Fsp3) is 0.200. The van der Waals surface area contributed by atoms with Crippen molar-refractivity contribution in [3.8, 4) is 0 Å². The first-order valence-corrected chi connectivity index (χ1v) is 5.25. The van der Waals surface area contributed by atoms with E-state index in [-0.39, 0.29) is 34.4 Å². The Bertz CT molecular complexity index is 446. The summed E-state index contributed by atoms with van der Waals surface area (Å²) in [4.78, 5) is 21.9. The van der Waals surface area contributed by atoms with Gasteiger partial charge < -0.3 is 10.8 Å². The van der Waals surface area contributed by atoms with Crippen LogP contribution in [0, 0.1) is 0 Å². The van der Waals surface area contributed by atoms with Gasteiger partial charge in [-0.15, -0.1) is 11.6 Å². The monoisotopic (exact) mass is 261 g/mol. The van der Waals surface area contributed by atoms with Crippen molar-refractivity contribution in [1.82, 2.24) is 0 Å². The number of benzene rings is 1. The molecule has 0 unspecified atom stereocenters. The fourth-order valence-corrected chi connectivity index (χ4v) is 1.66. The van der Waals surface area contributed by atoms with Crippen molar-refractivity contribution in [1.29, 1.82) is 0 Å². The minimum Gasteiger partial charge on any atom is -0.481 e. The van der Waals surface area contributed by atoms with Crippen molar-refractivity contribution >= 4 is 40.6 Å². The maximum atomic E-state index is 11.4. The number of carboxylic acids is 1. The van der Waals surface area contributed by atoms with Crippen molar-refractivity contribution in [2.75, 3.05) is 11.6 Å². The lowest BCUT2D eigenvalue weighted by molar-refractivity contribution is -0.136. The molecule has 0 fully saturated rings. The zero-order valence-corrected chi connectivity index (χ0v) is 9.68. The Hall–Kier alpha value is -1.26. The molecule has 86 valence electrons. The Morgan fingerprint density at radius 1 is 1.38 bits per heavy atom. The summed E-state index contributed by atoms with van der Waals surface area (Å²) in [5.41, 5.74) is 6.39. The Kier molecular flexibility index (Phi) is 4.15. The van der Waals surface area contributed by atoms with Gasteiger partial charge in [0.25, 0.3) is 0 Å². The highest BCUT2D eigenvalue weighted by molar-refractivity contribution is 6.37. The first-order valence-electron chi connectivity index (χ1n) is 4.34. The summed E-state index contributed by atoms with van der Waals surface area (Å²) in [5, 5.41) is 8.83. The molecule has 1 aromatic carbocycles. The molecule has 3 N–H and O–H groups in total. The number of nitrogens with two attached hydrogens (primary N) is 1. The Labute approximate surface area is 102 Å². The number of aliphatic carboxylic acids is 1. The molecule has 0 radical (unpaired) electrons. The second-order valence-electron chi connectivity index (χ2n) is 3.16. The zero-order valence-electron chi connectivity index (χ0n) is 8.17. The van der Waals surface area contributed by atoms with Crippen LogP contribution < -0.4 is 5.73 Å². The lowest BCUT2D eigenvalue weighted by atomic mass is 10.0. The van der Waals surface area contributed by atoms with Gasteiger partial charge in [-0.25, -0.2) is 0 Å². The molecule has 0 heterocycles. The van der Waals surface area contributed by atoms with E-state index in [9.17, 15) is 9.59 Å². The van der Waals surface area contributed by atoms with Gasteiger partial charge in [-0.05, 0) is 17.7 Å². The summed E-state index contributed by atoms with van der Waals surface area (Å²) in [6.45, 7) is 0. The minimum absolute atomic E-state index is 0.178. The number of carbonyl (C=O) groups excluding carboxylic acids is 1. The van der Waals surface area contributed by atoms with Crippen molar-refractivity contribution in [3.63, 3.8) is 0 Å². The lowest BCUT2D eigenvalue weighted by Crippen LogP contribution is -2.08. The number of halogens is 2. The van der Waals surface area contributed by atoms with E-state index in [1.807, 2.05) is 0 Å². The number of alkyl halides is 1. The third-order valence-corrected chi connectivity index (χ3v) is 2.55. The highest BCUT2D eigenvalue weighted by Crippen LogP contribution is 2.24. The maximum Gasteiger partial charge on any atom is 0.307 e. The predicted molar refractivity (Wildman–Crippen MR) is 62.3 cm³/mol. The number of anilines is 1. The Balaban J connectivity index is 3.21. The number of hydrogen-bond acceptors (Lipinski definition) is 3. The van der Waals surface area contributed by atoms with Crippen molar-refractivity contribution in [3.05, 3.63) is 28.3 Å². The minimum atomic E-state index is -1.03. The molecule has 0 aliphatic carbocycles. The molecule has 4 nitrogen and oxygen atoms in total. The highest BCUT2D eigenvalue weighted by Gasteiger charge is 2.14. The van der Waals surface area contributed by atoms with E-state index in [0.29, 0.717) is 5.56 Å². The summed E-state index contributed by atoms with van der Waals surface area (Å²) in [6.07, 6.45) is -0.258. The number of ketones is 1.